The van der Waals surface area contributed by atoms with Crippen LogP contribution in [0.15, 0.2) is 72.8 Å². The summed E-state index contributed by atoms with van der Waals surface area (Å²) in [6.07, 6.45) is 0. The quantitative estimate of drug-likeness (QED) is 0.389. The fraction of sp³-hybridized carbons (Fsp3) is 0.0800. The van der Waals surface area contributed by atoms with Gasteiger partial charge in [-0.2, -0.15) is 5.26 Å². The molecule has 0 saturated carbocycles. The molecule has 0 bridgehead atoms. The van der Waals surface area contributed by atoms with Crippen molar-refractivity contribution < 1.29 is 14.3 Å². The highest BCUT2D eigenvalue weighted by molar-refractivity contribution is 7.21. The molecule has 146 valence electrons. The molecule has 0 spiro atoms. The molecule has 0 amide bonds. The fourth-order valence-corrected chi connectivity index (χ4v) is 4.21. The molecule has 1 aromatic heterocycles. The van der Waals surface area contributed by atoms with Crippen LogP contribution in [0, 0.1) is 18.3 Å². The first-order chi connectivity index (χ1) is 14.6. The van der Waals surface area contributed by atoms with Gasteiger partial charge in [0.1, 0.15) is 10.6 Å². The molecule has 30 heavy (non-hydrogen) atoms. The number of thiophene rings is 1. The minimum atomic E-state index is -0.196. The number of nitrogens with zero attached hydrogens (tertiary/aromatic N) is 1. The molecule has 5 heteroatoms. The van der Waals surface area contributed by atoms with E-state index in [2.05, 4.69) is 0 Å². The van der Waals surface area contributed by atoms with E-state index in [0.717, 1.165) is 15.6 Å². The van der Waals surface area contributed by atoms with E-state index in [1.807, 2.05) is 49.4 Å². The van der Waals surface area contributed by atoms with Gasteiger partial charge < -0.3 is 4.74 Å². The number of rotatable bonds is 6. The van der Waals surface area contributed by atoms with Crippen LogP contribution < -0.4 is 4.74 Å². The van der Waals surface area contributed by atoms with Crippen molar-refractivity contribution >= 4 is 33.0 Å². The number of benzene rings is 3. The van der Waals surface area contributed by atoms with Gasteiger partial charge in [0, 0.05) is 21.2 Å². The molecule has 0 unspecified atom stereocenters. The van der Waals surface area contributed by atoms with Gasteiger partial charge in [0.25, 0.3) is 0 Å². The van der Waals surface area contributed by atoms with Gasteiger partial charge in [-0.25, -0.2) is 0 Å². The number of aryl methyl sites for hydroxylation is 1. The zero-order valence-electron chi connectivity index (χ0n) is 16.2. The molecule has 0 aliphatic carbocycles. The van der Waals surface area contributed by atoms with Crippen LogP contribution in [-0.4, -0.2) is 18.2 Å². The molecule has 3 aromatic carbocycles. The summed E-state index contributed by atoms with van der Waals surface area (Å²) in [4.78, 5) is 26.2. The van der Waals surface area contributed by atoms with E-state index in [0.29, 0.717) is 27.3 Å². The van der Waals surface area contributed by atoms with E-state index in [1.54, 1.807) is 36.4 Å². The topological polar surface area (TPSA) is 67.2 Å². The van der Waals surface area contributed by atoms with Crippen molar-refractivity contribution in [2.75, 3.05) is 6.61 Å². The Kier molecular flexibility index (Phi) is 5.42. The van der Waals surface area contributed by atoms with Crippen molar-refractivity contribution in [3.05, 3.63) is 99.9 Å². The van der Waals surface area contributed by atoms with Crippen LogP contribution in [-0.2, 0) is 0 Å². The lowest BCUT2D eigenvalue weighted by molar-refractivity contribution is 0.0917. The Morgan fingerprint density at radius 1 is 0.933 bits per heavy atom. The molecule has 0 aliphatic rings. The van der Waals surface area contributed by atoms with Crippen LogP contribution in [0.3, 0.4) is 0 Å². The summed E-state index contributed by atoms with van der Waals surface area (Å²) in [6, 6.07) is 23.4. The van der Waals surface area contributed by atoms with Crippen LogP contribution in [0.1, 0.15) is 36.7 Å². The molecule has 0 saturated heterocycles. The highest BCUT2D eigenvalue weighted by Gasteiger charge is 2.22. The van der Waals surface area contributed by atoms with Crippen molar-refractivity contribution in [2.45, 2.75) is 6.92 Å². The van der Waals surface area contributed by atoms with Crippen LogP contribution >= 0.6 is 11.3 Å². The van der Waals surface area contributed by atoms with Gasteiger partial charge in [-0.3, -0.25) is 9.59 Å². The van der Waals surface area contributed by atoms with Crippen LogP contribution in [0.25, 0.3) is 10.1 Å². The van der Waals surface area contributed by atoms with Crippen molar-refractivity contribution in [1.29, 1.82) is 5.26 Å². The van der Waals surface area contributed by atoms with Gasteiger partial charge >= 0.3 is 0 Å². The van der Waals surface area contributed by atoms with Crippen molar-refractivity contribution in [2.24, 2.45) is 0 Å². The zero-order chi connectivity index (χ0) is 21.1. The van der Waals surface area contributed by atoms with Crippen LogP contribution in [0.5, 0.6) is 5.75 Å². The number of fused-ring (bicyclic) bond motifs is 1. The van der Waals surface area contributed by atoms with Crippen LogP contribution in [0.2, 0.25) is 0 Å². The van der Waals surface area contributed by atoms with E-state index in [4.69, 9.17) is 10.00 Å². The molecule has 0 N–H and O–H groups in total. The lowest BCUT2D eigenvalue weighted by Crippen LogP contribution is -2.13. The maximum Gasteiger partial charge on any atom is 0.206 e. The summed E-state index contributed by atoms with van der Waals surface area (Å²) < 4.78 is 6.82. The number of hydrogen-bond acceptors (Lipinski definition) is 5. The van der Waals surface area contributed by atoms with Gasteiger partial charge in [-0.15, -0.1) is 11.3 Å². The molecule has 1 heterocycles. The number of ether oxygens (including phenoxy) is 1. The Morgan fingerprint density at radius 2 is 1.60 bits per heavy atom. The summed E-state index contributed by atoms with van der Waals surface area (Å²) in [7, 11) is 0. The monoisotopic (exact) mass is 411 g/mol. The predicted molar refractivity (Wildman–Crippen MR) is 117 cm³/mol. The van der Waals surface area contributed by atoms with Crippen molar-refractivity contribution in [1.82, 2.24) is 0 Å². The predicted octanol–water partition coefficient (Wildman–Crippen LogP) is 5.57. The third-order valence-corrected chi connectivity index (χ3v) is 5.90. The second-order valence-corrected chi connectivity index (χ2v) is 7.90. The van der Waals surface area contributed by atoms with Crippen molar-refractivity contribution in [3.63, 3.8) is 0 Å². The summed E-state index contributed by atoms with van der Waals surface area (Å²) in [5.74, 6) is 0.0750. The molecule has 4 rings (SSSR count). The Hall–Kier alpha value is -3.75. The molecular weight excluding hydrogens is 394 g/mol. The van der Waals surface area contributed by atoms with Crippen molar-refractivity contribution in [3.8, 4) is 11.8 Å². The third kappa shape index (κ3) is 3.86. The molecule has 4 nitrogen and oxygen atoms in total. The number of Topliss-reactive ketones (excluding diaryl/α,β-unsaturated/α-hetero) is 1. The number of nitriles is 1. The summed E-state index contributed by atoms with van der Waals surface area (Å²) in [5, 5.41) is 9.77. The van der Waals surface area contributed by atoms with Gasteiger partial charge in [0.05, 0.1) is 11.6 Å². The van der Waals surface area contributed by atoms with E-state index in [-0.39, 0.29) is 18.2 Å². The summed E-state index contributed by atoms with van der Waals surface area (Å²) in [5.41, 5.74) is 2.60. The lowest BCUT2D eigenvalue weighted by Gasteiger charge is -2.08. The Labute approximate surface area is 178 Å². The van der Waals surface area contributed by atoms with E-state index in [9.17, 15) is 9.59 Å². The van der Waals surface area contributed by atoms with Crippen LogP contribution in [0.4, 0.5) is 0 Å². The largest absolute Gasteiger partial charge is 0.483 e. The van der Waals surface area contributed by atoms with Gasteiger partial charge in [0.15, 0.2) is 12.4 Å². The molecule has 0 atom stereocenters. The maximum atomic E-state index is 13.2. The first-order valence-electron chi connectivity index (χ1n) is 9.36. The molecular formula is C25H17NO3S. The van der Waals surface area contributed by atoms with Gasteiger partial charge in [0.2, 0.25) is 5.78 Å². The first kappa shape index (κ1) is 19.6. The summed E-state index contributed by atoms with van der Waals surface area (Å²) in [6.45, 7) is 1.81. The first-order valence-corrected chi connectivity index (χ1v) is 10.2. The number of carbonyl (C=O) groups excluding carboxylic acids is 2. The average molecular weight is 411 g/mol. The lowest BCUT2D eigenvalue weighted by atomic mass is 10.1. The Morgan fingerprint density at radius 3 is 2.30 bits per heavy atom. The number of hydrogen-bond donors (Lipinski definition) is 0. The highest BCUT2D eigenvalue weighted by Crippen LogP contribution is 2.39. The second kappa shape index (κ2) is 8.32. The fourth-order valence-electron chi connectivity index (χ4n) is 3.10. The number of carbonyl (C=O) groups is 2. The van der Waals surface area contributed by atoms with Gasteiger partial charge in [-0.05, 0) is 43.3 Å². The summed E-state index contributed by atoms with van der Waals surface area (Å²) >= 11 is 1.34. The molecule has 0 aliphatic heterocycles. The van der Waals surface area contributed by atoms with Gasteiger partial charge in [-0.1, -0.05) is 42.0 Å². The SMILES string of the molecule is Cc1ccc(C(=O)COc2c(C(=O)c3ccc(C#N)cc3)sc3ccccc23)cc1. The molecule has 0 radical (unpaired) electrons. The average Bonchev–Trinajstić information content (AvgIpc) is 3.16. The zero-order valence-corrected chi connectivity index (χ0v) is 17.0. The third-order valence-electron chi connectivity index (χ3n) is 4.75. The minimum absolute atomic E-state index is 0.151. The van der Waals surface area contributed by atoms with E-state index >= 15 is 0 Å². The standard InChI is InChI=1S/C25H17NO3S/c1-16-6-10-18(11-7-16)21(27)15-29-24-20-4-2-3-5-22(20)30-25(24)23(28)19-12-8-17(14-26)9-13-19/h2-13H,15H2,1H3. The molecule has 4 aromatic rings. The number of ketones is 2. The second-order valence-electron chi connectivity index (χ2n) is 6.85. The Bertz CT molecular complexity index is 1280. The minimum Gasteiger partial charge on any atom is -0.483 e. The molecule has 0 fully saturated rings. The maximum absolute atomic E-state index is 13.2. The Balaban J connectivity index is 1.66. The smallest absolute Gasteiger partial charge is 0.206 e. The van der Waals surface area contributed by atoms with E-state index in [1.165, 1.54) is 11.3 Å². The normalized spacial score (nSPS) is 10.5. The van der Waals surface area contributed by atoms with E-state index < -0.39 is 0 Å². The highest BCUT2D eigenvalue weighted by atomic mass is 32.1.